The first-order valence-corrected chi connectivity index (χ1v) is 10.8. The Morgan fingerprint density at radius 2 is 1.76 bits per heavy atom. The molecule has 1 aliphatic carbocycles. The Kier molecular flexibility index (Phi) is 4.41. The number of fused-ring (bicyclic) bond motifs is 1. The number of hydrogen-bond donors (Lipinski definition) is 1. The van der Waals surface area contributed by atoms with Crippen LogP contribution in [0.1, 0.15) is 31.5 Å². The van der Waals surface area contributed by atoms with Gasteiger partial charge in [-0.05, 0) is 0 Å². The monoisotopic (exact) mass is 448 g/mol. The molecule has 1 atom stereocenters. The molecular weight excluding hydrogens is 427 g/mol. The number of rotatable bonds is 4. The Bertz CT molecular complexity index is 1160. The Morgan fingerprint density at radius 1 is 1.07 bits per heavy atom. The van der Waals surface area contributed by atoms with Gasteiger partial charge in [0, 0.05) is 0 Å². The molecule has 0 radical (unpaired) electrons. The van der Waals surface area contributed by atoms with Crippen molar-refractivity contribution in [1.82, 2.24) is 19.6 Å². The van der Waals surface area contributed by atoms with Crippen LogP contribution in [0.3, 0.4) is 0 Å². The van der Waals surface area contributed by atoms with Gasteiger partial charge in [0.1, 0.15) is 0 Å². The number of imidazole rings is 1. The van der Waals surface area contributed by atoms with Crippen molar-refractivity contribution in [2.75, 3.05) is 0 Å². The molecule has 0 saturated heterocycles. The Hall–Kier alpha value is -2.69. The number of para-hydroxylation sites is 1. The number of benzene rings is 2. The van der Waals surface area contributed by atoms with Crippen LogP contribution >= 0.6 is 0 Å². The summed E-state index contributed by atoms with van der Waals surface area (Å²) in [6.45, 7) is 1.87. The van der Waals surface area contributed by atoms with Gasteiger partial charge in [0.25, 0.3) is 0 Å². The molecule has 146 valence electrons. The van der Waals surface area contributed by atoms with Crippen LogP contribution in [0.15, 0.2) is 60.9 Å². The number of hydrogen-bond acceptors (Lipinski definition) is 5. The first kappa shape index (κ1) is 18.3. The topological polar surface area (TPSA) is 72.5 Å². The van der Waals surface area contributed by atoms with Crippen LogP contribution in [0.4, 0.5) is 0 Å². The summed E-state index contributed by atoms with van der Waals surface area (Å²) >= 11 is 1.44. The van der Waals surface area contributed by atoms with E-state index < -0.39 is 5.60 Å². The van der Waals surface area contributed by atoms with Crippen molar-refractivity contribution in [1.29, 1.82) is 0 Å². The Labute approximate surface area is 177 Å². The van der Waals surface area contributed by atoms with Crippen LogP contribution in [0.2, 0.25) is 0 Å². The van der Waals surface area contributed by atoms with Crippen molar-refractivity contribution in [3.05, 3.63) is 66.7 Å². The maximum absolute atomic E-state index is 10.2. The fourth-order valence-corrected chi connectivity index (χ4v) is 4.62. The fraction of sp³-hybridized carbons (Fsp3) is 0.227. The fourth-order valence-electron chi connectivity index (χ4n) is 3.93. The Balaban J connectivity index is 1.51. The first-order chi connectivity index (χ1) is 14.0. The molecule has 1 N–H and O–H groups in total. The van der Waals surface area contributed by atoms with E-state index in [1.165, 1.54) is 16.9 Å². The Morgan fingerprint density at radius 3 is 2.45 bits per heavy atom. The molecule has 29 heavy (non-hydrogen) atoms. The maximum atomic E-state index is 10.2. The van der Waals surface area contributed by atoms with Crippen molar-refractivity contribution in [3.63, 3.8) is 0 Å². The average Bonchev–Trinajstić information content (AvgIpc) is 3.08. The molecule has 0 amide bonds. The van der Waals surface area contributed by atoms with Crippen LogP contribution in [0.5, 0.6) is 11.5 Å². The van der Waals surface area contributed by atoms with Gasteiger partial charge in [-0.1, -0.05) is 0 Å². The zero-order valence-corrected chi connectivity index (χ0v) is 18.4. The van der Waals surface area contributed by atoms with Crippen LogP contribution in [-0.4, -0.2) is 47.1 Å². The molecule has 0 bridgehead atoms. The molecule has 5 rings (SSSR count). The standard InChI is InChI=1S/C22H21AsN4O2/c1-22(28)11-15(12-22)21-26-18(19-20(23)24-13-25-27(19)21)14-7-9-17(10-8-14)29-16-5-3-2-4-6-16/h2-10,13,15,28H,11-12,23H2,1H3/t15-,22+. The van der Waals surface area contributed by atoms with E-state index in [-0.39, 0.29) is 5.92 Å². The van der Waals surface area contributed by atoms with Gasteiger partial charge in [0.2, 0.25) is 0 Å². The normalized spacial score (nSPS) is 21.1. The zero-order chi connectivity index (χ0) is 20.0. The molecule has 1 fully saturated rings. The van der Waals surface area contributed by atoms with Gasteiger partial charge in [-0.15, -0.1) is 0 Å². The van der Waals surface area contributed by atoms with Gasteiger partial charge < -0.3 is 0 Å². The van der Waals surface area contributed by atoms with Crippen molar-refractivity contribution in [3.8, 4) is 22.8 Å². The van der Waals surface area contributed by atoms with E-state index >= 15 is 0 Å². The van der Waals surface area contributed by atoms with Gasteiger partial charge in [-0.3, -0.25) is 0 Å². The van der Waals surface area contributed by atoms with Crippen LogP contribution in [-0.2, 0) is 0 Å². The van der Waals surface area contributed by atoms with Crippen molar-refractivity contribution >= 4 is 26.9 Å². The average molecular weight is 448 g/mol. The molecule has 2 aromatic carbocycles. The number of aliphatic hydroxyl groups is 1. The second-order valence-corrected chi connectivity index (χ2v) is 8.91. The summed E-state index contributed by atoms with van der Waals surface area (Å²) in [6.07, 6.45) is 2.97. The SMILES string of the molecule is C[C@]1(O)C[C@@H](c2nc(-c3ccc(Oc4ccccc4)cc3)c3c([AsH2])ncnn32)C1. The van der Waals surface area contributed by atoms with Crippen molar-refractivity contribution in [2.45, 2.75) is 31.3 Å². The molecule has 6 nitrogen and oxygen atoms in total. The summed E-state index contributed by atoms with van der Waals surface area (Å²) in [4.78, 5) is 9.33. The summed E-state index contributed by atoms with van der Waals surface area (Å²) in [5, 5.41) is 14.6. The molecule has 1 saturated carbocycles. The third-order valence-corrected chi connectivity index (χ3v) is 6.22. The van der Waals surface area contributed by atoms with Gasteiger partial charge >= 0.3 is 177 Å². The minimum absolute atomic E-state index is 0.203. The molecule has 7 heteroatoms. The molecular formula is C22H21AsN4O2. The van der Waals surface area contributed by atoms with E-state index in [4.69, 9.17) is 9.72 Å². The molecule has 2 aromatic heterocycles. The number of ether oxygens (including phenoxy) is 1. The van der Waals surface area contributed by atoms with Gasteiger partial charge in [0.15, 0.2) is 0 Å². The van der Waals surface area contributed by atoms with Gasteiger partial charge in [-0.2, -0.15) is 0 Å². The van der Waals surface area contributed by atoms with Crippen LogP contribution in [0.25, 0.3) is 16.8 Å². The van der Waals surface area contributed by atoms with Crippen molar-refractivity contribution in [2.24, 2.45) is 0 Å². The predicted octanol–water partition coefficient (Wildman–Crippen LogP) is 2.47. The van der Waals surface area contributed by atoms with E-state index in [2.05, 4.69) is 10.1 Å². The van der Waals surface area contributed by atoms with Crippen molar-refractivity contribution < 1.29 is 9.84 Å². The van der Waals surface area contributed by atoms with E-state index in [1.54, 1.807) is 6.33 Å². The molecule has 1 unspecified atom stereocenters. The first-order valence-electron chi connectivity index (χ1n) is 9.55. The third kappa shape index (κ3) is 3.43. The van der Waals surface area contributed by atoms with Crippen LogP contribution in [0, 0.1) is 0 Å². The second-order valence-electron chi connectivity index (χ2n) is 7.77. The number of aromatic nitrogens is 4. The van der Waals surface area contributed by atoms with Gasteiger partial charge in [0.05, 0.1) is 0 Å². The third-order valence-electron chi connectivity index (χ3n) is 5.33. The molecule has 2 heterocycles. The zero-order valence-electron chi connectivity index (χ0n) is 16.0. The van der Waals surface area contributed by atoms with E-state index in [0.717, 1.165) is 38.6 Å². The summed E-state index contributed by atoms with van der Waals surface area (Å²) in [6, 6.07) is 17.7. The number of nitrogens with zero attached hydrogens (tertiary/aromatic N) is 4. The van der Waals surface area contributed by atoms with E-state index in [0.29, 0.717) is 12.8 Å². The van der Waals surface area contributed by atoms with Gasteiger partial charge in [-0.25, -0.2) is 0 Å². The van der Waals surface area contributed by atoms with E-state index in [1.807, 2.05) is 66.0 Å². The molecule has 0 aliphatic heterocycles. The summed E-state index contributed by atoms with van der Waals surface area (Å²) in [5.41, 5.74) is 2.19. The molecule has 0 spiro atoms. The second kappa shape index (κ2) is 6.97. The molecule has 4 aromatic rings. The predicted molar refractivity (Wildman–Crippen MR) is 114 cm³/mol. The summed E-state index contributed by atoms with van der Waals surface area (Å²) in [7, 11) is 0. The minimum atomic E-state index is -0.612. The summed E-state index contributed by atoms with van der Waals surface area (Å²) < 4.78 is 8.74. The van der Waals surface area contributed by atoms with Crippen LogP contribution < -0.4 is 9.22 Å². The van der Waals surface area contributed by atoms with E-state index in [9.17, 15) is 5.11 Å². The quantitative estimate of drug-likeness (QED) is 0.486. The summed E-state index contributed by atoms with van der Waals surface area (Å²) in [5.74, 6) is 2.68. The molecule has 1 aliphatic rings.